The Morgan fingerprint density at radius 2 is 1.02 bits per heavy atom. The first-order chi connectivity index (χ1) is 25.6. The van der Waals surface area contributed by atoms with Gasteiger partial charge in [0.2, 0.25) is 0 Å². The molecule has 0 aliphatic rings. The summed E-state index contributed by atoms with van der Waals surface area (Å²) in [5.74, 6) is 0.145. The third kappa shape index (κ3) is 4.42. The van der Waals surface area contributed by atoms with Gasteiger partial charge in [-0.2, -0.15) is 0 Å². The maximum Gasteiger partial charge on any atom is 0.164 e. The van der Waals surface area contributed by atoms with Gasteiger partial charge >= 0.3 is 0 Å². The van der Waals surface area contributed by atoms with E-state index in [0.717, 1.165) is 70.4 Å². The van der Waals surface area contributed by atoms with Crippen LogP contribution in [-0.4, -0.2) is 15.0 Å². The summed E-state index contributed by atoms with van der Waals surface area (Å²) in [6.07, 6.45) is 0. The lowest BCUT2D eigenvalue weighted by Gasteiger charge is -2.06. The number of benzene rings is 8. The zero-order valence-corrected chi connectivity index (χ0v) is 27.6. The van der Waals surface area contributed by atoms with Crippen molar-refractivity contribution < 1.29 is 8.81 Å². The number of rotatable bonds is 1. The molecule has 242 valence electrons. The maximum atomic E-state index is 14.1. The highest BCUT2D eigenvalue weighted by atomic mass is 19.1. The molecule has 0 aliphatic carbocycles. The van der Waals surface area contributed by atoms with Gasteiger partial charge in [0.15, 0.2) is 17.1 Å². The van der Waals surface area contributed by atoms with Gasteiger partial charge in [-0.15, -0.1) is 0 Å². The molecule has 0 unspecified atom stereocenters. The Bertz CT molecular complexity index is 3330. The van der Waals surface area contributed by atoms with Gasteiger partial charge in [0, 0.05) is 32.5 Å². The summed E-state index contributed by atoms with van der Waals surface area (Å²) in [4.78, 5) is 15.1. The predicted octanol–water partition coefficient (Wildman–Crippen LogP) is 12.8. The molecule has 0 N–H and O–H groups in total. The fourth-order valence-electron chi connectivity index (χ4n) is 7.78. The Kier molecular flexibility index (Phi) is 6.10. The van der Waals surface area contributed by atoms with Gasteiger partial charge in [-0.05, 0) is 97.0 Å². The van der Waals surface area contributed by atoms with Gasteiger partial charge in [-0.3, -0.25) is 0 Å². The number of furan rings is 1. The molecule has 0 fully saturated rings. The number of hydrogen-bond donors (Lipinski definition) is 0. The van der Waals surface area contributed by atoms with Crippen LogP contribution in [0.15, 0.2) is 162 Å². The van der Waals surface area contributed by atoms with Gasteiger partial charge < -0.3 is 4.42 Å². The molecule has 13 rings (SSSR count). The topological polar surface area (TPSA) is 51.8 Å². The molecule has 0 amide bonds. The van der Waals surface area contributed by atoms with E-state index in [1.807, 2.05) is 18.2 Å². The van der Waals surface area contributed by atoms with Crippen LogP contribution in [0.3, 0.4) is 0 Å². The third-order valence-electron chi connectivity index (χ3n) is 10.3. The predicted molar refractivity (Wildman–Crippen MR) is 213 cm³/mol. The largest absolute Gasteiger partial charge is 0.455 e. The first-order valence-corrected chi connectivity index (χ1v) is 17.3. The third-order valence-corrected chi connectivity index (χ3v) is 10.3. The van der Waals surface area contributed by atoms with Crippen LogP contribution in [0.1, 0.15) is 0 Å². The second kappa shape index (κ2) is 11.0. The Balaban J connectivity index is 1.38. The lowest BCUT2D eigenvalue weighted by atomic mass is 9.97. The van der Waals surface area contributed by atoms with Gasteiger partial charge in [0.25, 0.3) is 0 Å². The molecule has 0 saturated heterocycles. The number of halogens is 1. The first kappa shape index (κ1) is 28.8. The number of aromatic nitrogens is 3. The van der Waals surface area contributed by atoms with Crippen LogP contribution in [0.2, 0.25) is 0 Å². The van der Waals surface area contributed by atoms with E-state index >= 15 is 0 Å². The molecule has 4 nitrogen and oxygen atoms in total. The average molecular weight is 668 g/mol. The Morgan fingerprint density at radius 1 is 0.385 bits per heavy atom. The van der Waals surface area contributed by atoms with Crippen LogP contribution in [0.5, 0.6) is 0 Å². The Labute approximate surface area is 295 Å². The van der Waals surface area contributed by atoms with Gasteiger partial charge in [-0.1, -0.05) is 109 Å². The number of nitrogens with zero attached hydrogens (tertiary/aromatic N) is 3. The van der Waals surface area contributed by atoms with Crippen molar-refractivity contribution in [3.63, 3.8) is 0 Å². The van der Waals surface area contributed by atoms with Crippen molar-refractivity contribution in [3.05, 3.63) is 164 Å². The normalized spacial score (nSPS) is 11.9. The zero-order valence-electron chi connectivity index (χ0n) is 27.6. The molecular formula is C47H26FN3O. The van der Waals surface area contributed by atoms with E-state index in [2.05, 4.69) is 115 Å². The monoisotopic (exact) mass is 667 g/mol. The fraction of sp³-hybridized carbons (Fsp3) is 0. The summed E-state index contributed by atoms with van der Waals surface area (Å²) >= 11 is 0. The highest BCUT2D eigenvalue weighted by molar-refractivity contribution is 6.27. The standard InChI is InChI=1S/C47H26FN3O/c48-34-22-20-31(21-23-34)46-49-45-30-18-12-27(13-19-30)33-24-32-6-1-2-7-35(32)39(25-33)28-14-16-29(17-15-28)40-26-41-43-38(47(50-45)51-46)10-5-11-42(43)52-44(41)37-9-4-3-8-36(37)40/h1-26H. The van der Waals surface area contributed by atoms with E-state index in [1.54, 1.807) is 12.1 Å². The first-order valence-electron chi connectivity index (χ1n) is 17.3. The molecule has 0 aliphatic heterocycles. The second-order valence-corrected chi connectivity index (χ2v) is 13.3. The molecule has 0 saturated carbocycles. The van der Waals surface area contributed by atoms with E-state index in [4.69, 9.17) is 19.4 Å². The lowest BCUT2D eigenvalue weighted by Crippen LogP contribution is -1.94. The van der Waals surface area contributed by atoms with Crippen LogP contribution < -0.4 is 0 Å². The highest BCUT2D eigenvalue weighted by Gasteiger charge is 2.16. The van der Waals surface area contributed by atoms with Crippen molar-refractivity contribution in [2.45, 2.75) is 0 Å². The number of hydrogen-bond acceptors (Lipinski definition) is 4. The number of fused-ring (bicyclic) bond motifs is 5. The summed E-state index contributed by atoms with van der Waals surface area (Å²) in [6.45, 7) is 0. The van der Waals surface area contributed by atoms with Crippen molar-refractivity contribution in [2.75, 3.05) is 0 Å². The van der Waals surface area contributed by atoms with Crippen molar-refractivity contribution >= 4 is 97.9 Å². The van der Waals surface area contributed by atoms with Crippen LogP contribution in [0, 0.1) is 5.82 Å². The summed E-state index contributed by atoms with van der Waals surface area (Å²) in [5, 5.41) is 14.9. The molecule has 10 bridgehead atoms. The van der Waals surface area contributed by atoms with Gasteiger partial charge in [0.1, 0.15) is 17.0 Å². The molecule has 52 heavy (non-hydrogen) atoms. The summed E-state index contributed by atoms with van der Waals surface area (Å²) in [5.41, 5.74) is 3.30. The van der Waals surface area contributed by atoms with Crippen molar-refractivity contribution in [1.29, 1.82) is 0 Å². The minimum Gasteiger partial charge on any atom is -0.455 e. The van der Waals surface area contributed by atoms with Gasteiger partial charge in [-0.25, -0.2) is 19.3 Å². The molecule has 13 aromatic rings. The van der Waals surface area contributed by atoms with Crippen molar-refractivity contribution in [1.82, 2.24) is 15.0 Å². The molecule has 5 heterocycles. The second-order valence-electron chi connectivity index (χ2n) is 13.3. The fourth-order valence-corrected chi connectivity index (χ4v) is 7.78. The summed E-state index contributed by atoms with van der Waals surface area (Å²) < 4.78 is 20.7. The van der Waals surface area contributed by atoms with E-state index in [0.29, 0.717) is 22.7 Å². The van der Waals surface area contributed by atoms with Crippen LogP contribution in [-0.2, 0) is 0 Å². The quantitative estimate of drug-likeness (QED) is 0.175. The Hall–Kier alpha value is -6.98. The highest BCUT2D eigenvalue weighted by Crippen LogP contribution is 2.40. The minimum absolute atomic E-state index is 0.318. The van der Waals surface area contributed by atoms with E-state index in [1.165, 1.54) is 28.3 Å². The maximum absolute atomic E-state index is 14.1. The van der Waals surface area contributed by atoms with Gasteiger partial charge in [0.05, 0.1) is 0 Å². The smallest absolute Gasteiger partial charge is 0.164 e. The van der Waals surface area contributed by atoms with E-state index in [-0.39, 0.29) is 5.82 Å². The lowest BCUT2D eigenvalue weighted by molar-refractivity contribution is 0.628. The molecular weight excluding hydrogens is 642 g/mol. The van der Waals surface area contributed by atoms with Crippen molar-refractivity contribution in [2.24, 2.45) is 0 Å². The molecule has 0 spiro atoms. The molecule has 5 heteroatoms. The van der Waals surface area contributed by atoms with Crippen molar-refractivity contribution in [3.8, 4) is 11.4 Å². The zero-order chi connectivity index (χ0) is 34.3. The van der Waals surface area contributed by atoms with E-state index in [9.17, 15) is 4.39 Å². The summed E-state index contributed by atoms with van der Waals surface area (Å²) in [6, 6.07) is 53.3. The average Bonchev–Trinajstić information content (AvgIpc) is 3.59. The minimum atomic E-state index is -0.318. The molecule has 0 atom stereocenters. The summed E-state index contributed by atoms with van der Waals surface area (Å²) in [7, 11) is 0. The van der Waals surface area contributed by atoms with Crippen LogP contribution in [0.4, 0.5) is 4.39 Å². The molecule has 5 aromatic heterocycles. The van der Waals surface area contributed by atoms with E-state index < -0.39 is 0 Å². The van der Waals surface area contributed by atoms with Crippen LogP contribution >= 0.6 is 0 Å². The van der Waals surface area contributed by atoms with Crippen LogP contribution in [0.25, 0.3) is 109 Å². The SMILES string of the molecule is Fc1ccc(-c2nc3nc(n2)c2cccc4oc5c6ccccc6c(cc5c42)c2ccc(cc2)c2cc(cc4ccccc42)c2ccc3cc2)cc1. The Morgan fingerprint density at radius 3 is 1.81 bits per heavy atom. The molecule has 0 radical (unpaired) electrons. The molecule has 8 aromatic carbocycles.